The van der Waals surface area contributed by atoms with Gasteiger partial charge in [-0.15, -0.1) is 0 Å². The number of rotatable bonds is 2. The number of thioether (sulfide) groups is 1. The first kappa shape index (κ1) is 12.6. The molecule has 0 aromatic heterocycles. The van der Waals surface area contributed by atoms with Gasteiger partial charge in [-0.25, -0.2) is 4.99 Å². The van der Waals surface area contributed by atoms with Crippen molar-refractivity contribution < 1.29 is 4.74 Å². The van der Waals surface area contributed by atoms with Gasteiger partial charge in [-0.3, -0.25) is 4.90 Å². The van der Waals surface area contributed by atoms with Crippen molar-refractivity contribution in [3.8, 4) is 11.8 Å². The molecule has 3 rings (SSSR count). The van der Waals surface area contributed by atoms with E-state index in [-0.39, 0.29) is 6.04 Å². The molecule has 0 radical (unpaired) electrons. The van der Waals surface area contributed by atoms with Crippen LogP contribution in [0.3, 0.4) is 0 Å². The molecular formula is C14H12N4OS. The quantitative estimate of drug-likeness (QED) is 0.902. The number of amidine groups is 1. The summed E-state index contributed by atoms with van der Waals surface area (Å²) in [5.74, 6) is 1.21. The number of benzene rings is 1. The molecule has 0 amide bonds. The number of nitrogens with two attached hydrogens (primary N) is 1. The van der Waals surface area contributed by atoms with Crippen LogP contribution in [-0.4, -0.2) is 17.2 Å². The van der Waals surface area contributed by atoms with Gasteiger partial charge in [-0.2, -0.15) is 5.26 Å². The third-order valence-electron chi connectivity index (χ3n) is 3.19. The zero-order chi connectivity index (χ0) is 14.1. The highest BCUT2D eigenvalue weighted by Gasteiger charge is 2.31. The lowest BCUT2D eigenvalue weighted by Gasteiger charge is -2.27. The third kappa shape index (κ3) is 1.92. The predicted molar refractivity (Wildman–Crippen MR) is 78.6 cm³/mol. The highest BCUT2D eigenvalue weighted by Crippen LogP contribution is 2.37. The standard InChI is InChI=1S/C14H12N4OS/c1-19-10-4-2-9(3-5-10)12-11(8-15)13(16)18-6-7-20-14(18)17-12/h2-7,12H,16H2,1H3. The molecule has 0 aliphatic carbocycles. The van der Waals surface area contributed by atoms with Crippen molar-refractivity contribution in [1.82, 2.24) is 4.90 Å². The molecule has 2 aliphatic heterocycles. The van der Waals surface area contributed by atoms with Crippen LogP contribution >= 0.6 is 11.8 Å². The van der Waals surface area contributed by atoms with Crippen molar-refractivity contribution in [2.75, 3.05) is 7.11 Å². The van der Waals surface area contributed by atoms with E-state index in [0.29, 0.717) is 11.4 Å². The second kappa shape index (κ2) is 4.94. The number of aliphatic imine (C=N–C) groups is 1. The van der Waals surface area contributed by atoms with Crippen LogP contribution in [0.2, 0.25) is 0 Å². The second-order valence-corrected chi connectivity index (χ2v) is 5.14. The summed E-state index contributed by atoms with van der Waals surface area (Å²) in [6.07, 6.45) is 1.82. The predicted octanol–water partition coefficient (Wildman–Crippen LogP) is 2.32. The molecule has 1 atom stereocenters. The van der Waals surface area contributed by atoms with E-state index < -0.39 is 0 Å². The molecule has 1 unspecified atom stereocenters. The van der Waals surface area contributed by atoms with E-state index in [4.69, 9.17) is 10.5 Å². The maximum atomic E-state index is 9.37. The molecule has 2 heterocycles. The van der Waals surface area contributed by atoms with Gasteiger partial charge in [0.15, 0.2) is 5.17 Å². The lowest BCUT2D eigenvalue weighted by molar-refractivity contribution is 0.414. The first-order valence-electron chi connectivity index (χ1n) is 5.98. The maximum Gasteiger partial charge on any atom is 0.174 e. The summed E-state index contributed by atoms with van der Waals surface area (Å²) in [6, 6.07) is 9.33. The van der Waals surface area contributed by atoms with Crippen LogP contribution in [0, 0.1) is 11.3 Å². The second-order valence-electron chi connectivity index (χ2n) is 4.27. The van der Waals surface area contributed by atoms with Crippen LogP contribution in [0.5, 0.6) is 5.75 Å². The largest absolute Gasteiger partial charge is 0.497 e. The van der Waals surface area contributed by atoms with Crippen LogP contribution in [0.4, 0.5) is 0 Å². The van der Waals surface area contributed by atoms with E-state index >= 15 is 0 Å². The fraction of sp³-hybridized carbons (Fsp3) is 0.143. The molecule has 0 fully saturated rings. The van der Waals surface area contributed by atoms with Crippen LogP contribution in [0.15, 0.2) is 52.3 Å². The molecule has 0 spiro atoms. The van der Waals surface area contributed by atoms with E-state index in [2.05, 4.69) is 11.1 Å². The summed E-state index contributed by atoms with van der Waals surface area (Å²) in [4.78, 5) is 6.35. The Hall–Kier alpha value is -2.39. The summed E-state index contributed by atoms with van der Waals surface area (Å²) in [7, 11) is 1.62. The van der Waals surface area contributed by atoms with E-state index in [1.165, 1.54) is 11.8 Å². The molecule has 2 aliphatic rings. The van der Waals surface area contributed by atoms with Crippen molar-refractivity contribution in [2.24, 2.45) is 10.7 Å². The van der Waals surface area contributed by atoms with E-state index in [1.807, 2.05) is 35.9 Å². The highest BCUT2D eigenvalue weighted by molar-refractivity contribution is 8.16. The smallest absolute Gasteiger partial charge is 0.174 e. The molecular weight excluding hydrogens is 272 g/mol. The Morgan fingerprint density at radius 2 is 2.15 bits per heavy atom. The van der Waals surface area contributed by atoms with Gasteiger partial charge in [0.05, 0.1) is 12.7 Å². The molecule has 5 nitrogen and oxygen atoms in total. The van der Waals surface area contributed by atoms with Crippen LogP contribution in [0.25, 0.3) is 0 Å². The van der Waals surface area contributed by atoms with Gasteiger partial charge < -0.3 is 10.5 Å². The number of ether oxygens (including phenoxy) is 1. The first-order chi connectivity index (χ1) is 9.74. The number of fused-ring (bicyclic) bond motifs is 1. The summed E-state index contributed by atoms with van der Waals surface area (Å²) in [5, 5.41) is 12.1. The zero-order valence-corrected chi connectivity index (χ0v) is 11.6. The Morgan fingerprint density at radius 3 is 2.80 bits per heavy atom. The van der Waals surface area contributed by atoms with Gasteiger partial charge in [-0.1, -0.05) is 23.9 Å². The topological polar surface area (TPSA) is 74.6 Å². The number of methoxy groups -OCH3 is 1. The maximum absolute atomic E-state index is 9.37. The van der Waals surface area contributed by atoms with Gasteiger partial charge >= 0.3 is 0 Å². The van der Waals surface area contributed by atoms with Crippen molar-refractivity contribution in [1.29, 1.82) is 5.26 Å². The van der Waals surface area contributed by atoms with Crippen molar-refractivity contribution in [3.05, 3.63) is 52.8 Å². The van der Waals surface area contributed by atoms with Crippen LogP contribution in [-0.2, 0) is 0 Å². The summed E-state index contributed by atoms with van der Waals surface area (Å²) in [5.41, 5.74) is 7.46. The molecule has 6 heteroatoms. The summed E-state index contributed by atoms with van der Waals surface area (Å²) < 4.78 is 5.14. The summed E-state index contributed by atoms with van der Waals surface area (Å²) >= 11 is 1.50. The minimum atomic E-state index is -0.357. The fourth-order valence-corrected chi connectivity index (χ4v) is 2.88. The number of hydrogen-bond donors (Lipinski definition) is 1. The Kier molecular flexibility index (Phi) is 3.12. The molecule has 2 N–H and O–H groups in total. The van der Waals surface area contributed by atoms with E-state index in [0.717, 1.165) is 16.5 Å². The zero-order valence-electron chi connectivity index (χ0n) is 10.8. The van der Waals surface area contributed by atoms with E-state index in [1.54, 1.807) is 12.0 Å². The van der Waals surface area contributed by atoms with Crippen LogP contribution in [0.1, 0.15) is 11.6 Å². The minimum Gasteiger partial charge on any atom is -0.497 e. The molecule has 0 saturated heterocycles. The molecule has 20 heavy (non-hydrogen) atoms. The first-order valence-corrected chi connectivity index (χ1v) is 6.86. The minimum absolute atomic E-state index is 0.357. The van der Waals surface area contributed by atoms with Gasteiger partial charge in [0.2, 0.25) is 0 Å². The number of nitriles is 1. The monoisotopic (exact) mass is 284 g/mol. The van der Waals surface area contributed by atoms with Crippen LogP contribution < -0.4 is 10.5 Å². The molecule has 0 saturated carbocycles. The lowest BCUT2D eigenvalue weighted by Crippen LogP contribution is -2.31. The van der Waals surface area contributed by atoms with Crippen molar-refractivity contribution >= 4 is 16.9 Å². The average Bonchev–Trinajstić information content (AvgIpc) is 2.96. The third-order valence-corrected chi connectivity index (χ3v) is 3.96. The van der Waals surface area contributed by atoms with Crippen molar-refractivity contribution in [2.45, 2.75) is 6.04 Å². The van der Waals surface area contributed by atoms with Crippen molar-refractivity contribution in [3.63, 3.8) is 0 Å². The molecule has 1 aromatic rings. The Labute approximate surface area is 121 Å². The molecule has 1 aromatic carbocycles. The van der Waals surface area contributed by atoms with E-state index in [9.17, 15) is 5.26 Å². The highest BCUT2D eigenvalue weighted by atomic mass is 32.2. The number of nitrogens with zero attached hydrogens (tertiary/aromatic N) is 3. The Balaban J connectivity index is 2.03. The Bertz CT molecular complexity index is 669. The Morgan fingerprint density at radius 1 is 1.40 bits per heavy atom. The van der Waals surface area contributed by atoms with Gasteiger partial charge in [0.25, 0.3) is 0 Å². The SMILES string of the molecule is COc1ccc(C2N=C3SC=CN3C(N)=C2C#N)cc1. The van der Waals surface area contributed by atoms with Gasteiger partial charge in [0.1, 0.15) is 23.7 Å². The fourth-order valence-electron chi connectivity index (χ4n) is 2.14. The lowest BCUT2D eigenvalue weighted by atomic mass is 9.99. The molecule has 0 bridgehead atoms. The molecule has 100 valence electrons. The normalized spacial score (nSPS) is 20.5. The average molecular weight is 284 g/mol. The van der Waals surface area contributed by atoms with Gasteiger partial charge in [0, 0.05) is 6.20 Å². The van der Waals surface area contributed by atoms with Gasteiger partial charge in [-0.05, 0) is 23.1 Å². The summed E-state index contributed by atoms with van der Waals surface area (Å²) in [6.45, 7) is 0. The number of hydrogen-bond acceptors (Lipinski definition) is 6.